The zero-order valence-corrected chi connectivity index (χ0v) is 16.1. The first-order chi connectivity index (χ1) is 11.9. The van der Waals surface area contributed by atoms with E-state index in [1.165, 1.54) is 5.56 Å². The van der Waals surface area contributed by atoms with Crippen molar-refractivity contribution >= 4 is 11.8 Å². The number of rotatable bonds is 6. The van der Waals surface area contributed by atoms with Gasteiger partial charge in [0.15, 0.2) is 0 Å². The van der Waals surface area contributed by atoms with Crippen LogP contribution in [0.3, 0.4) is 0 Å². The van der Waals surface area contributed by atoms with Crippen molar-refractivity contribution in [2.45, 2.75) is 59.5 Å². The van der Waals surface area contributed by atoms with Gasteiger partial charge in [-0.25, -0.2) is 0 Å². The molecule has 1 aromatic rings. The van der Waals surface area contributed by atoms with E-state index in [0.29, 0.717) is 13.0 Å². The Morgan fingerprint density at radius 3 is 2.32 bits per heavy atom. The molecule has 0 aromatic heterocycles. The number of hydrogen-bond donors (Lipinski definition) is 0. The van der Waals surface area contributed by atoms with Gasteiger partial charge < -0.3 is 9.47 Å². The zero-order chi connectivity index (χ0) is 18.6. The maximum absolute atomic E-state index is 13.1. The van der Waals surface area contributed by atoms with Gasteiger partial charge in [0.25, 0.3) is 0 Å². The van der Waals surface area contributed by atoms with E-state index in [1.807, 2.05) is 13.8 Å². The topological polar surface area (TPSA) is 52.6 Å². The van der Waals surface area contributed by atoms with E-state index in [-0.39, 0.29) is 23.8 Å². The summed E-state index contributed by atoms with van der Waals surface area (Å²) in [6.45, 7) is 8.27. The molecule has 1 fully saturated rings. The van der Waals surface area contributed by atoms with Gasteiger partial charge in [-0.15, -0.1) is 0 Å². The minimum atomic E-state index is -0.489. The zero-order valence-electron chi connectivity index (χ0n) is 16.1. The number of carbonyl (C=O) groups is 2. The van der Waals surface area contributed by atoms with Crippen LogP contribution in [0.2, 0.25) is 0 Å². The second kappa shape index (κ2) is 8.61. The maximum Gasteiger partial charge on any atom is 0.312 e. The van der Waals surface area contributed by atoms with E-state index >= 15 is 0 Å². The minimum Gasteiger partial charge on any atom is -0.466 e. The molecule has 3 atom stereocenters. The highest BCUT2D eigenvalue weighted by Gasteiger charge is 2.43. The first-order valence-electron chi connectivity index (χ1n) is 9.17. The van der Waals surface area contributed by atoms with Crippen LogP contribution in [0.1, 0.15) is 48.4 Å². The third-order valence-electron chi connectivity index (χ3n) is 5.30. The van der Waals surface area contributed by atoms with E-state index < -0.39 is 5.92 Å². The van der Waals surface area contributed by atoms with Crippen LogP contribution < -0.4 is 0 Å². The largest absolute Gasteiger partial charge is 0.466 e. The summed E-state index contributed by atoms with van der Waals surface area (Å²) in [6, 6.07) is 4.22. The van der Waals surface area contributed by atoms with Gasteiger partial charge >= 0.3 is 5.97 Å². The summed E-state index contributed by atoms with van der Waals surface area (Å²) in [7, 11) is 1.61. The molecule has 0 bridgehead atoms. The molecule has 0 N–H and O–H groups in total. The first-order valence-corrected chi connectivity index (χ1v) is 9.17. The van der Waals surface area contributed by atoms with E-state index in [0.717, 1.165) is 36.0 Å². The van der Waals surface area contributed by atoms with E-state index in [9.17, 15) is 9.59 Å². The number of benzene rings is 1. The molecule has 0 radical (unpaired) electrons. The number of carbonyl (C=O) groups excluding carboxylic acids is 2. The highest BCUT2D eigenvalue weighted by atomic mass is 16.5. The summed E-state index contributed by atoms with van der Waals surface area (Å²) >= 11 is 0. The monoisotopic (exact) mass is 346 g/mol. The van der Waals surface area contributed by atoms with Crippen LogP contribution in [0.4, 0.5) is 0 Å². The van der Waals surface area contributed by atoms with Crippen molar-refractivity contribution in [3.05, 3.63) is 34.4 Å². The van der Waals surface area contributed by atoms with E-state index in [1.54, 1.807) is 14.0 Å². The van der Waals surface area contributed by atoms with Crippen molar-refractivity contribution in [2.75, 3.05) is 13.7 Å². The Balaban J connectivity index is 2.24. The van der Waals surface area contributed by atoms with Crippen LogP contribution in [0.5, 0.6) is 0 Å². The van der Waals surface area contributed by atoms with Gasteiger partial charge in [0.05, 0.1) is 18.6 Å². The van der Waals surface area contributed by atoms with Crippen LogP contribution in [-0.2, 0) is 25.5 Å². The molecule has 0 amide bonds. The van der Waals surface area contributed by atoms with Crippen LogP contribution in [0.15, 0.2) is 12.1 Å². The van der Waals surface area contributed by atoms with Crippen molar-refractivity contribution < 1.29 is 19.1 Å². The molecule has 1 aliphatic rings. The Hall–Kier alpha value is -1.68. The molecule has 25 heavy (non-hydrogen) atoms. The fraction of sp³-hybridized carbons (Fsp3) is 0.619. The molecule has 0 heterocycles. The van der Waals surface area contributed by atoms with Gasteiger partial charge in [-0.3, -0.25) is 9.59 Å². The molecule has 2 rings (SSSR count). The van der Waals surface area contributed by atoms with Gasteiger partial charge in [0.1, 0.15) is 5.78 Å². The lowest BCUT2D eigenvalue weighted by molar-refractivity contribution is -0.161. The number of ketones is 1. The van der Waals surface area contributed by atoms with Crippen LogP contribution in [-0.4, -0.2) is 31.6 Å². The van der Waals surface area contributed by atoms with Gasteiger partial charge in [0, 0.05) is 19.4 Å². The van der Waals surface area contributed by atoms with Crippen molar-refractivity contribution in [1.29, 1.82) is 0 Å². The number of Topliss-reactive ketones (excluding diaryl/α,β-unsaturated/α-hetero) is 1. The molecule has 4 nitrogen and oxygen atoms in total. The predicted octanol–water partition coefficient (Wildman–Crippen LogP) is 3.72. The van der Waals surface area contributed by atoms with E-state index in [2.05, 4.69) is 19.1 Å². The fourth-order valence-corrected chi connectivity index (χ4v) is 4.13. The van der Waals surface area contributed by atoms with Gasteiger partial charge in [-0.05, 0) is 57.2 Å². The molecule has 0 aliphatic heterocycles. The summed E-state index contributed by atoms with van der Waals surface area (Å²) < 4.78 is 10.7. The van der Waals surface area contributed by atoms with Crippen molar-refractivity contribution in [1.82, 2.24) is 0 Å². The number of ether oxygens (including phenoxy) is 2. The van der Waals surface area contributed by atoms with Gasteiger partial charge in [-0.1, -0.05) is 24.1 Å². The molecule has 1 aromatic carbocycles. The van der Waals surface area contributed by atoms with Crippen LogP contribution in [0.25, 0.3) is 0 Å². The normalized spacial score (nSPS) is 23.3. The Bertz CT molecular complexity index is 612. The van der Waals surface area contributed by atoms with Gasteiger partial charge in [-0.2, -0.15) is 0 Å². The number of esters is 1. The summed E-state index contributed by atoms with van der Waals surface area (Å²) in [5.74, 6) is -0.991. The lowest BCUT2D eigenvalue weighted by atomic mass is 9.73. The van der Waals surface area contributed by atoms with Gasteiger partial charge in [0.2, 0.25) is 0 Å². The molecule has 0 spiro atoms. The summed E-state index contributed by atoms with van der Waals surface area (Å²) in [5.41, 5.74) is 4.56. The molecule has 0 saturated heterocycles. The Labute approximate surface area is 150 Å². The highest BCUT2D eigenvalue weighted by Crippen LogP contribution is 2.35. The molecule has 3 unspecified atom stereocenters. The molecule has 4 heteroatoms. The molecular weight excluding hydrogens is 316 g/mol. The standard InChI is InChI=1S/C21H30O4/c1-6-25-21(23)20-16(8-7-9-19(20)24-5)18(22)12-17-14(3)10-13(2)11-15(17)4/h10-11,16,19-20H,6-9,12H2,1-5H3. The fourth-order valence-electron chi connectivity index (χ4n) is 4.13. The molecular formula is C21H30O4. The highest BCUT2D eigenvalue weighted by molar-refractivity contribution is 5.89. The smallest absolute Gasteiger partial charge is 0.312 e. The average Bonchev–Trinajstić information content (AvgIpc) is 2.57. The second-order valence-corrected chi connectivity index (χ2v) is 7.11. The third kappa shape index (κ3) is 4.49. The lowest BCUT2D eigenvalue weighted by Crippen LogP contribution is -2.44. The van der Waals surface area contributed by atoms with Crippen molar-refractivity contribution in [3.8, 4) is 0 Å². The Morgan fingerprint density at radius 1 is 1.12 bits per heavy atom. The maximum atomic E-state index is 13.1. The Kier molecular flexibility index (Phi) is 6.77. The SMILES string of the molecule is CCOC(=O)C1C(OC)CCCC1C(=O)Cc1c(C)cc(C)cc1C. The predicted molar refractivity (Wildman–Crippen MR) is 97.6 cm³/mol. The van der Waals surface area contributed by atoms with Crippen molar-refractivity contribution in [2.24, 2.45) is 11.8 Å². The average molecular weight is 346 g/mol. The second-order valence-electron chi connectivity index (χ2n) is 7.11. The van der Waals surface area contributed by atoms with Crippen LogP contribution >= 0.6 is 0 Å². The minimum absolute atomic E-state index is 0.120. The number of hydrogen-bond acceptors (Lipinski definition) is 4. The molecule has 1 aliphatic carbocycles. The molecule has 1 saturated carbocycles. The van der Waals surface area contributed by atoms with Crippen molar-refractivity contribution in [3.63, 3.8) is 0 Å². The van der Waals surface area contributed by atoms with Crippen LogP contribution in [0, 0.1) is 32.6 Å². The Morgan fingerprint density at radius 2 is 1.76 bits per heavy atom. The van der Waals surface area contributed by atoms with E-state index in [4.69, 9.17) is 9.47 Å². The summed E-state index contributed by atoms with van der Waals surface area (Å²) in [4.78, 5) is 25.5. The lowest BCUT2D eigenvalue weighted by Gasteiger charge is -2.35. The quantitative estimate of drug-likeness (QED) is 0.737. The number of methoxy groups -OCH3 is 1. The summed E-state index contributed by atoms with van der Waals surface area (Å²) in [5, 5.41) is 0. The summed E-state index contributed by atoms with van der Waals surface area (Å²) in [6.07, 6.45) is 2.56. The molecule has 138 valence electrons. The third-order valence-corrected chi connectivity index (χ3v) is 5.30. The number of aryl methyl sites for hydroxylation is 3. The first kappa shape index (κ1) is 19.6.